The van der Waals surface area contributed by atoms with Crippen LogP contribution in [0, 0.1) is 0 Å². The Morgan fingerprint density at radius 3 is 2.00 bits per heavy atom. The monoisotopic (exact) mass is 258 g/mol. The smallest absolute Gasteiger partial charge is 0.338 e. The molecule has 1 aromatic rings. The van der Waals surface area contributed by atoms with Gasteiger partial charge in [-0.1, -0.05) is 0 Å². The van der Waals surface area contributed by atoms with Crippen molar-refractivity contribution < 1.29 is 22.5 Å². The summed E-state index contributed by atoms with van der Waals surface area (Å²) in [6, 6.07) is 4.87. The highest BCUT2D eigenvalue weighted by Gasteiger charge is 2.18. The maximum atomic E-state index is 11.6. The van der Waals surface area contributed by atoms with Crippen LogP contribution in [0.5, 0.6) is 0 Å². The summed E-state index contributed by atoms with van der Waals surface area (Å²) in [7, 11) is -4.23. The van der Waals surface area contributed by atoms with Crippen LogP contribution in [-0.4, -0.2) is 24.5 Å². The van der Waals surface area contributed by atoms with E-state index in [4.69, 9.17) is 9.29 Å². The molecule has 6 heteroatoms. The molecule has 0 fully saturated rings. The molecule has 94 valence electrons. The number of benzene rings is 1. The normalized spacial score (nSPS) is 12.2. The van der Waals surface area contributed by atoms with Crippen LogP contribution in [0.2, 0.25) is 0 Å². The largest absolute Gasteiger partial charge is 0.456 e. The first-order valence-electron chi connectivity index (χ1n) is 4.90. The van der Waals surface area contributed by atoms with E-state index in [0.717, 1.165) is 12.1 Å². The van der Waals surface area contributed by atoms with E-state index in [-0.39, 0.29) is 10.5 Å². The number of hydrogen-bond acceptors (Lipinski definition) is 4. The van der Waals surface area contributed by atoms with Gasteiger partial charge in [-0.3, -0.25) is 4.55 Å². The molecule has 0 saturated carbocycles. The molecule has 0 bridgehead atoms. The van der Waals surface area contributed by atoms with E-state index in [9.17, 15) is 13.2 Å². The third-order valence-electron chi connectivity index (χ3n) is 1.79. The van der Waals surface area contributed by atoms with Gasteiger partial charge in [0.15, 0.2) is 0 Å². The summed E-state index contributed by atoms with van der Waals surface area (Å²) >= 11 is 0. The van der Waals surface area contributed by atoms with Gasteiger partial charge >= 0.3 is 5.97 Å². The summed E-state index contributed by atoms with van der Waals surface area (Å²) in [4.78, 5) is 11.3. The van der Waals surface area contributed by atoms with Crippen molar-refractivity contribution in [3.05, 3.63) is 29.8 Å². The fraction of sp³-hybridized carbons (Fsp3) is 0.364. The highest BCUT2D eigenvalue weighted by molar-refractivity contribution is 7.85. The minimum atomic E-state index is -4.23. The van der Waals surface area contributed by atoms with E-state index in [0.29, 0.717) is 0 Å². The van der Waals surface area contributed by atoms with Crippen molar-refractivity contribution in [3.63, 3.8) is 0 Å². The van der Waals surface area contributed by atoms with E-state index >= 15 is 0 Å². The van der Waals surface area contributed by atoms with Crippen molar-refractivity contribution in [2.24, 2.45) is 0 Å². The van der Waals surface area contributed by atoms with Crippen LogP contribution >= 0.6 is 0 Å². The molecular weight excluding hydrogens is 244 g/mol. The van der Waals surface area contributed by atoms with Gasteiger partial charge in [-0.15, -0.1) is 0 Å². The van der Waals surface area contributed by atoms with E-state index in [1.54, 1.807) is 20.8 Å². The number of carbonyl (C=O) groups is 1. The van der Waals surface area contributed by atoms with Gasteiger partial charge < -0.3 is 4.74 Å². The predicted octanol–water partition coefficient (Wildman–Crippen LogP) is 1.89. The molecule has 0 atom stereocenters. The minimum absolute atomic E-state index is 0.229. The summed E-state index contributed by atoms with van der Waals surface area (Å²) in [5.74, 6) is -0.542. The maximum absolute atomic E-state index is 11.6. The molecule has 0 unspecified atom stereocenters. The van der Waals surface area contributed by atoms with Crippen molar-refractivity contribution in [1.29, 1.82) is 0 Å². The average Bonchev–Trinajstić information content (AvgIpc) is 2.14. The first-order valence-corrected chi connectivity index (χ1v) is 6.34. The van der Waals surface area contributed by atoms with Crippen molar-refractivity contribution >= 4 is 16.1 Å². The van der Waals surface area contributed by atoms with E-state index < -0.39 is 21.7 Å². The highest BCUT2D eigenvalue weighted by atomic mass is 32.2. The lowest BCUT2D eigenvalue weighted by molar-refractivity contribution is 0.00694. The van der Waals surface area contributed by atoms with Crippen LogP contribution in [-0.2, 0) is 14.9 Å². The van der Waals surface area contributed by atoms with Gasteiger partial charge in [-0.25, -0.2) is 4.79 Å². The minimum Gasteiger partial charge on any atom is -0.456 e. The van der Waals surface area contributed by atoms with Gasteiger partial charge in [-0.2, -0.15) is 8.42 Å². The molecule has 1 aromatic carbocycles. The van der Waals surface area contributed by atoms with Crippen molar-refractivity contribution in [2.45, 2.75) is 31.3 Å². The first kappa shape index (κ1) is 13.7. The van der Waals surface area contributed by atoms with Gasteiger partial charge in [0.25, 0.3) is 10.1 Å². The molecule has 17 heavy (non-hydrogen) atoms. The highest BCUT2D eigenvalue weighted by Crippen LogP contribution is 2.14. The molecule has 0 aliphatic heterocycles. The van der Waals surface area contributed by atoms with Crippen molar-refractivity contribution in [3.8, 4) is 0 Å². The number of carbonyl (C=O) groups excluding carboxylic acids is 1. The summed E-state index contributed by atoms with van der Waals surface area (Å²) in [5.41, 5.74) is -0.383. The Labute approximate surface area is 100 Å². The SMILES string of the molecule is CC(C)(C)OC(=O)c1ccc(S(=O)(=O)O)cc1. The van der Waals surface area contributed by atoms with Gasteiger partial charge in [0, 0.05) is 0 Å². The maximum Gasteiger partial charge on any atom is 0.338 e. The zero-order valence-electron chi connectivity index (χ0n) is 9.80. The average molecular weight is 258 g/mol. The van der Waals surface area contributed by atoms with Gasteiger partial charge in [0.05, 0.1) is 10.5 Å². The molecule has 0 radical (unpaired) electrons. The Hall–Kier alpha value is -1.40. The second-order valence-electron chi connectivity index (χ2n) is 4.50. The molecule has 1 N–H and O–H groups in total. The fourth-order valence-electron chi connectivity index (χ4n) is 1.10. The molecule has 0 aromatic heterocycles. The van der Waals surface area contributed by atoms with Crippen molar-refractivity contribution in [1.82, 2.24) is 0 Å². The number of ether oxygens (including phenoxy) is 1. The van der Waals surface area contributed by atoms with Crippen LogP contribution < -0.4 is 0 Å². The molecule has 0 heterocycles. The standard InChI is InChI=1S/C11H14O5S/c1-11(2,3)16-10(12)8-4-6-9(7-5-8)17(13,14)15/h4-7H,1-3H3,(H,13,14,15). The zero-order chi connectivity index (χ0) is 13.3. The molecule has 0 spiro atoms. The van der Waals surface area contributed by atoms with Crippen LogP contribution in [0.1, 0.15) is 31.1 Å². The van der Waals surface area contributed by atoms with Crippen LogP contribution in [0.4, 0.5) is 0 Å². The number of rotatable bonds is 2. The van der Waals surface area contributed by atoms with Gasteiger partial charge in [-0.05, 0) is 45.0 Å². The van der Waals surface area contributed by atoms with Crippen LogP contribution in [0.3, 0.4) is 0 Å². The van der Waals surface area contributed by atoms with E-state index in [1.165, 1.54) is 12.1 Å². The predicted molar refractivity (Wildman–Crippen MR) is 61.4 cm³/mol. The van der Waals surface area contributed by atoms with Gasteiger partial charge in [0.2, 0.25) is 0 Å². The quantitative estimate of drug-likeness (QED) is 0.647. The van der Waals surface area contributed by atoms with Crippen LogP contribution in [0.25, 0.3) is 0 Å². The third kappa shape index (κ3) is 4.16. The first-order chi connectivity index (χ1) is 7.59. The summed E-state index contributed by atoms with van der Waals surface area (Å²) in [6.07, 6.45) is 0. The van der Waals surface area contributed by atoms with E-state index in [2.05, 4.69) is 0 Å². The fourth-order valence-corrected chi connectivity index (χ4v) is 1.58. The topological polar surface area (TPSA) is 80.7 Å². The summed E-state index contributed by atoms with van der Waals surface area (Å²) in [6.45, 7) is 5.20. The molecular formula is C11H14O5S. The number of esters is 1. The summed E-state index contributed by atoms with van der Waals surface area (Å²) in [5, 5.41) is 0. The Morgan fingerprint density at radius 1 is 1.18 bits per heavy atom. The Kier molecular flexibility index (Phi) is 3.59. The van der Waals surface area contributed by atoms with Gasteiger partial charge in [0.1, 0.15) is 5.60 Å². The van der Waals surface area contributed by atoms with Crippen molar-refractivity contribution in [2.75, 3.05) is 0 Å². The molecule has 0 aliphatic carbocycles. The Morgan fingerprint density at radius 2 is 1.65 bits per heavy atom. The second kappa shape index (κ2) is 4.46. The lowest BCUT2D eigenvalue weighted by Crippen LogP contribution is -2.23. The third-order valence-corrected chi connectivity index (χ3v) is 2.65. The molecule has 0 aliphatic rings. The lowest BCUT2D eigenvalue weighted by atomic mass is 10.2. The number of hydrogen-bond donors (Lipinski definition) is 1. The van der Waals surface area contributed by atoms with E-state index in [1.807, 2.05) is 0 Å². The Bertz CT molecular complexity index is 508. The molecule has 1 rings (SSSR count). The zero-order valence-corrected chi connectivity index (χ0v) is 10.6. The molecule has 0 amide bonds. The Balaban J connectivity index is 2.93. The lowest BCUT2D eigenvalue weighted by Gasteiger charge is -2.19. The molecule has 5 nitrogen and oxygen atoms in total. The second-order valence-corrected chi connectivity index (χ2v) is 5.92. The summed E-state index contributed by atoms with van der Waals surface area (Å²) < 4.78 is 35.4. The van der Waals surface area contributed by atoms with Crippen LogP contribution in [0.15, 0.2) is 29.2 Å². The molecule has 0 saturated heterocycles.